The lowest BCUT2D eigenvalue weighted by molar-refractivity contribution is -0.255. The number of hydrazone groups is 1. The maximum atomic E-state index is 12.0. The third-order valence-corrected chi connectivity index (χ3v) is 4.24. The van der Waals surface area contributed by atoms with Crippen LogP contribution in [0.5, 0.6) is 0 Å². The van der Waals surface area contributed by atoms with Crippen LogP contribution in [0.15, 0.2) is 34.2 Å². The average molecular weight is 370 g/mol. The predicted molar refractivity (Wildman–Crippen MR) is 91.0 cm³/mol. The normalized spacial score (nSPS) is 10.8. The van der Waals surface area contributed by atoms with Crippen molar-refractivity contribution in [3.05, 3.63) is 55.1 Å². The van der Waals surface area contributed by atoms with Crippen molar-refractivity contribution in [3.63, 3.8) is 0 Å². The zero-order chi connectivity index (χ0) is 17.0. The molecule has 1 aromatic heterocycles. The average Bonchev–Trinajstić information content (AvgIpc) is 2.75. The summed E-state index contributed by atoms with van der Waals surface area (Å²) in [5.41, 5.74) is 8.23. The van der Waals surface area contributed by atoms with Crippen LogP contribution in [0.4, 0.5) is 0 Å². The summed E-state index contributed by atoms with van der Waals surface area (Å²) in [5.74, 6) is -1.28. The number of aromatic nitrogens is 1. The Morgan fingerprint density at radius 2 is 2.30 bits per heavy atom. The molecule has 0 unspecified atom stereocenters. The van der Waals surface area contributed by atoms with Gasteiger partial charge in [-0.1, -0.05) is 41.1 Å². The van der Waals surface area contributed by atoms with E-state index in [2.05, 4.69) is 22.7 Å². The minimum atomic E-state index is -1.28. The molecule has 0 radical (unpaired) electrons. The van der Waals surface area contributed by atoms with Crippen molar-refractivity contribution in [1.29, 1.82) is 0 Å². The molecular formula is C13H10ClN4O3S2-. The minimum Gasteiger partial charge on any atom is -0.545 e. The van der Waals surface area contributed by atoms with Gasteiger partial charge in [0.05, 0.1) is 23.6 Å². The van der Waals surface area contributed by atoms with Crippen molar-refractivity contribution in [1.82, 2.24) is 9.99 Å². The van der Waals surface area contributed by atoms with Gasteiger partial charge >= 0.3 is 4.87 Å². The smallest absolute Gasteiger partial charge is 0.309 e. The van der Waals surface area contributed by atoms with Crippen LogP contribution in [0.1, 0.15) is 20.8 Å². The second-order valence-corrected chi connectivity index (χ2v) is 6.12. The Kier molecular flexibility index (Phi) is 5.48. The lowest BCUT2D eigenvalue weighted by Crippen LogP contribution is -2.23. The van der Waals surface area contributed by atoms with E-state index in [1.54, 1.807) is 12.1 Å². The summed E-state index contributed by atoms with van der Waals surface area (Å²) < 4.78 is 1.31. The lowest BCUT2D eigenvalue weighted by atomic mass is 10.1. The highest BCUT2D eigenvalue weighted by Gasteiger charge is 2.12. The molecule has 0 bridgehead atoms. The van der Waals surface area contributed by atoms with Gasteiger partial charge in [0.1, 0.15) is 5.15 Å². The Bertz CT molecular complexity index is 844. The summed E-state index contributed by atoms with van der Waals surface area (Å²) in [6.07, 6.45) is 1.33. The fourth-order valence-corrected chi connectivity index (χ4v) is 2.91. The predicted octanol–water partition coefficient (Wildman–Crippen LogP) is 0.142. The second-order valence-electron chi connectivity index (χ2n) is 4.33. The third kappa shape index (κ3) is 4.38. The van der Waals surface area contributed by atoms with Gasteiger partial charge in [-0.3, -0.25) is 14.8 Å². The fourth-order valence-electron chi connectivity index (χ4n) is 1.75. The number of carboxylic acid groups (broad SMARTS) is 1. The largest absolute Gasteiger partial charge is 0.545 e. The van der Waals surface area contributed by atoms with Gasteiger partial charge in [0.25, 0.3) is 0 Å². The topological polar surface area (TPSA) is 113 Å². The van der Waals surface area contributed by atoms with Gasteiger partial charge in [-0.05, 0) is 29.4 Å². The van der Waals surface area contributed by atoms with Crippen LogP contribution in [0.25, 0.3) is 0 Å². The molecule has 0 atom stereocenters. The Morgan fingerprint density at radius 1 is 1.57 bits per heavy atom. The van der Waals surface area contributed by atoms with Crippen LogP contribution in [0.3, 0.4) is 0 Å². The number of thiocarbonyl (C=S) groups is 1. The Labute approximate surface area is 145 Å². The number of nitrogens with zero attached hydrogens (tertiary/aromatic N) is 2. The van der Waals surface area contributed by atoms with Crippen LogP contribution in [-0.4, -0.2) is 21.9 Å². The van der Waals surface area contributed by atoms with Gasteiger partial charge in [-0.2, -0.15) is 5.10 Å². The van der Waals surface area contributed by atoms with E-state index < -0.39 is 5.97 Å². The van der Waals surface area contributed by atoms with Crippen molar-refractivity contribution in [2.45, 2.75) is 6.54 Å². The summed E-state index contributed by atoms with van der Waals surface area (Å²) in [6.45, 7) is 0.131. The summed E-state index contributed by atoms with van der Waals surface area (Å²) in [7, 11) is 0. The van der Waals surface area contributed by atoms with E-state index >= 15 is 0 Å². The molecule has 0 saturated carbocycles. The van der Waals surface area contributed by atoms with Crippen molar-refractivity contribution in [2.75, 3.05) is 0 Å². The zero-order valence-corrected chi connectivity index (χ0v) is 13.9. The summed E-state index contributed by atoms with van der Waals surface area (Å²) in [6, 6.07) is 6.10. The van der Waals surface area contributed by atoms with E-state index in [0.29, 0.717) is 10.4 Å². The highest BCUT2D eigenvalue weighted by molar-refractivity contribution is 7.80. The fraction of sp³-hybridized carbons (Fsp3) is 0.0769. The molecule has 7 nitrogen and oxygen atoms in total. The number of rotatable bonds is 5. The number of carboxylic acids is 1. The van der Waals surface area contributed by atoms with Crippen molar-refractivity contribution in [3.8, 4) is 0 Å². The van der Waals surface area contributed by atoms with Gasteiger partial charge in [-0.25, -0.2) is 0 Å². The van der Waals surface area contributed by atoms with E-state index in [4.69, 9.17) is 17.3 Å². The van der Waals surface area contributed by atoms with Crippen LogP contribution in [-0.2, 0) is 6.54 Å². The van der Waals surface area contributed by atoms with Gasteiger partial charge in [0, 0.05) is 0 Å². The first kappa shape index (κ1) is 17.1. The summed E-state index contributed by atoms with van der Waals surface area (Å²) in [5, 5.41) is 14.8. The van der Waals surface area contributed by atoms with E-state index in [1.807, 2.05) is 0 Å². The van der Waals surface area contributed by atoms with Crippen molar-refractivity contribution < 1.29 is 9.90 Å². The Hall–Kier alpha value is -2.23. The number of halogens is 1. The number of thiazole rings is 1. The summed E-state index contributed by atoms with van der Waals surface area (Å²) in [4.78, 5) is 23.0. The first-order chi connectivity index (χ1) is 10.9. The number of carbonyl (C=O) groups excluding carboxylic acids is 1. The van der Waals surface area contributed by atoms with E-state index in [9.17, 15) is 14.7 Å². The number of benzene rings is 1. The molecule has 0 amide bonds. The Balaban J connectivity index is 2.27. The molecule has 2 rings (SSSR count). The molecule has 3 N–H and O–H groups in total. The maximum Gasteiger partial charge on any atom is 0.309 e. The Morgan fingerprint density at radius 3 is 2.96 bits per heavy atom. The molecule has 23 heavy (non-hydrogen) atoms. The third-order valence-electron chi connectivity index (χ3n) is 2.72. The number of carbonyl (C=O) groups is 1. The highest BCUT2D eigenvalue weighted by atomic mass is 35.5. The first-order valence-corrected chi connectivity index (χ1v) is 7.76. The zero-order valence-electron chi connectivity index (χ0n) is 11.5. The van der Waals surface area contributed by atoms with Gasteiger partial charge in [-0.15, -0.1) is 0 Å². The molecule has 1 heterocycles. The lowest BCUT2D eigenvalue weighted by Gasteiger charge is -2.07. The number of nitrogens with two attached hydrogens (primary N) is 1. The molecule has 0 aliphatic heterocycles. The van der Waals surface area contributed by atoms with E-state index in [0.717, 1.165) is 11.3 Å². The van der Waals surface area contributed by atoms with Gasteiger partial charge < -0.3 is 15.6 Å². The molecule has 2 aromatic rings. The van der Waals surface area contributed by atoms with Crippen molar-refractivity contribution in [2.24, 2.45) is 10.8 Å². The number of aromatic carboxylic acids is 1. The highest BCUT2D eigenvalue weighted by Crippen LogP contribution is 2.18. The molecule has 1 aromatic carbocycles. The number of hydrogen-bond acceptors (Lipinski definition) is 6. The molecule has 0 aliphatic rings. The molecule has 0 fully saturated rings. The molecule has 0 aliphatic carbocycles. The van der Waals surface area contributed by atoms with Crippen LogP contribution >= 0.6 is 35.2 Å². The van der Waals surface area contributed by atoms with Crippen LogP contribution < -0.4 is 21.1 Å². The maximum absolute atomic E-state index is 12.0. The molecule has 120 valence electrons. The SMILES string of the molecule is NC(=S)N/N=C\c1sc(=O)n(Cc2cccc(C(=O)[O-])c2)c1Cl. The standard InChI is InChI=1S/C13H11ClN4O3S2/c14-10-9(5-16-17-12(15)22)23-13(21)18(10)6-7-2-1-3-8(4-7)11(19)20/h1-5H,6H2,(H,19,20)(H3,15,17,22)/p-1/b16-5-. The van der Waals surface area contributed by atoms with Crippen LogP contribution in [0, 0.1) is 0 Å². The second kappa shape index (κ2) is 7.36. The number of nitrogens with one attached hydrogen (secondary N) is 1. The van der Waals surface area contributed by atoms with Gasteiger partial charge in [0.15, 0.2) is 5.11 Å². The quantitative estimate of drug-likeness (QED) is 0.440. The first-order valence-electron chi connectivity index (χ1n) is 6.16. The molecule has 10 heteroatoms. The monoisotopic (exact) mass is 369 g/mol. The van der Waals surface area contributed by atoms with Crippen molar-refractivity contribution >= 4 is 52.5 Å². The molecular weight excluding hydrogens is 360 g/mol. The molecule has 0 saturated heterocycles. The van der Waals surface area contributed by atoms with Gasteiger partial charge in [0.2, 0.25) is 0 Å². The van der Waals surface area contributed by atoms with E-state index in [1.165, 1.54) is 22.9 Å². The summed E-state index contributed by atoms with van der Waals surface area (Å²) >= 11 is 11.7. The van der Waals surface area contributed by atoms with Crippen LogP contribution in [0.2, 0.25) is 5.15 Å². The molecule has 0 spiro atoms. The minimum absolute atomic E-state index is 0.0109. The number of hydrogen-bond donors (Lipinski definition) is 2. The van der Waals surface area contributed by atoms with E-state index in [-0.39, 0.29) is 27.2 Å².